The van der Waals surface area contributed by atoms with Gasteiger partial charge in [-0.05, 0) is 30.4 Å². The summed E-state index contributed by atoms with van der Waals surface area (Å²) >= 11 is 0. The van der Waals surface area contributed by atoms with Crippen molar-refractivity contribution < 1.29 is 13.2 Å². The molecule has 0 aromatic heterocycles. The Morgan fingerprint density at radius 1 is 1.29 bits per heavy atom. The second-order valence-electron chi connectivity index (χ2n) is 5.99. The Bertz CT molecular complexity index is 570. The number of nitrogens with one attached hydrogen (secondary N) is 1. The Morgan fingerprint density at radius 3 is 2.71 bits per heavy atom. The Hall–Kier alpha value is -1.11. The van der Waals surface area contributed by atoms with E-state index in [2.05, 4.69) is 11.6 Å². The van der Waals surface area contributed by atoms with Crippen molar-refractivity contribution >= 4 is 10.2 Å². The third-order valence-corrected chi connectivity index (χ3v) is 5.87. The topological polar surface area (TPSA) is 58.6 Å². The predicted octanol–water partition coefficient (Wildman–Crippen LogP) is 1.56. The van der Waals surface area contributed by atoms with Crippen LogP contribution in [0.25, 0.3) is 0 Å². The van der Waals surface area contributed by atoms with Crippen LogP contribution in [0.1, 0.15) is 25.3 Å². The SMILES string of the molecule is CC1CCN(S(=O)(=O)NCC2Cc3ccccc3O2)CC1. The number of ether oxygens (including phenoxy) is 1. The van der Waals surface area contributed by atoms with E-state index in [1.54, 1.807) is 4.31 Å². The summed E-state index contributed by atoms with van der Waals surface area (Å²) in [7, 11) is -3.38. The summed E-state index contributed by atoms with van der Waals surface area (Å²) < 4.78 is 34.6. The normalized spacial score (nSPS) is 23.8. The lowest BCUT2D eigenvalue weighted by atomic mass is 10.0. The molecule has 2 aliphatic heterocycles. The van der Waals surface area contributed by atoms with Gasteiger partial charge in [-0.1, -0.05) is 25.1 Å². The molecule has 2 heterocycles. The van der Waals surface area contributed by atoms with E-state index in [0.29, 0.717) is 25.6 Å². The van der Waals surface area contributed by atoms with Crippen LogP contribution in [0.3, 0.4) is 0 Å². The van der Waals surface area contributed by atoms with E-state index in [1.807, 2.05) is 24.3 Å². The molecule has 0 amide bonds. The van der Waals surface area contributed by atoms with Crippen molar-refractivity contribution in [2.45, 2.75) is 32.3 Å². The van der Waals surface area contributed by atoms with Crippen molar-refractivity contribution in [3.8, 4) is 5.75 Å². The fourth-order valence-electron chi connectivity index (χ4n) is 2.88. The lowest BCUT2D eigenvalue weighted by Crippen LogP contribution is -2.47. The molecule has 1 N–H and O–H groups in total. The highest BCUT2D eigenvalue weighted by molar-refractivity contribution is 7.87. The number of benzene rings is 1. The van der Waals surface area contributed by atoms with Crippen LogP contribution in [-0.2, 0) is 16.6 Å². The van der Waals surface area contributed by atoms with Crippen LogP contribution in [0.2, 0.25) is 0 Å². The van der Waals surface area contributed by atoms with Crippen LogP contribution in [0.15, 0.2) is 24.3 Å². The third-order valence-electron chi connectivity index (χ3n) is 4.29. The Kier molecular flexibility index (Phi) is 4.19. The molecule has 1 fully saturated rings. The average Bonchev–Trinajstić information content (AvgIpc) is 2.89. The van der Waals surface area contributed by atoms with Crippen molar-refractivity contribution in [2.75, 3.05) is 19.6 Å². The molecule has 0 aliphatic carbocycles. The Morgan fingerprint density at radius 2 is 2.00 bits per heavy atom. The van der Waals surface area contributed by atoms with Crippen LogP contribution in [-0.4, -0.2) is 38.5 Å². The van der Waals surface area contributed by atoms with Gasteiger partial charge in [0.05, 0.1) is 0 Å². The zero-order chi connectivity index (χ0) is 14.9. The van der Waals surface area contributed by atoms with E-state index in [1.165, 1.54) is 0 Å². The molecule has 0 radical (unpaired) electrons. The van der Waals surface area contributed by atoms with Gasteiger partial charge < -0.3 is 4.74 Å². The first kappa shape index (κ1) is 14.8. The minimum atomic E-state index is -3.38. The van der Waals surface area contributed by atoms with Crippen LogP contribution in [0.5, 0.6) is 5.75 Å². The van der Waals surface area contributed by atoms with Crippen molar-refractivity contribution in [1.82, 2.24) is 9.03 Å². The minimum Gasteiger partial charge on any atom is -0.488 e. The number of hydrogen-bond acceptors (Lipinski definition) is 3. The summed E-state index contributed by atoms with van der Waals surface area (Å²) in [5.41, 5.74) is 1.15. The fraction of sp³-hybridized carbons (Fsp3) is 0.600. The maximum Gasteiger partial charge on any atom is 0.279 e. The van der Waals surface area contributed by atoms with Gasteiger partial charge in [0, 0.05) is 26.1 Å². The first-order chi connectivity index (χ1) is 10.0. The number of para-hydroxylation sites is 1. The first-order valence-electron chi connectivity index (χ1n) is 7.54. The zero-order valence-corrected chi connectivity index (χ0v) is 13.1. The summed E-state index contributed by atoms with van der Waals surface area (Å²) in [6.07, 6.45) is 2.52. The van der Waals surface area contributed by atoms with Crippen molar-refractivity contribution in [3.05, 3.63) is 29.8 Å². The smallest absolute Gasteiger partial charge is 0.279 e. The summed E-state index contributed by atoms with van der Waals surface area (Å²) in [6.45, 7) is 3.72. The molecule has 1 unspecified atom stereocenters. The molecular weight excluding hydrogens is 288 g/mol. The van der Waals surface area contributed by atoms with Crippen LogP contribution >= 0.6 is 0 Å². The van der Waals surface area contributed by atoms with E-state index in [-0.39, 0.29) is 6.10 Å². The summed E-state index contributed by atoms with van der Waals surface area (Å²) in [5, 5.41) is 0. The van der Waals surface area contributed by atoms with Gasteiger partial charge >= 0.3 is 0 Å². The minimum absolute atomic E-state index is 0.110. The van der Waals surface area contributed by atoms with Crippen LogP contribution in [0.4, 0.5) is 0 Å². The third kappa shape index (κ3) is 3.39. The molecule has 0 bridgehead atoms. The van der Waals surface area contributed by atoms with Gasteiger partial charge in [-0.3, -0.25) is 0 Å². The van der Waals surface area contributed by atoms with Crippen LogP contribution < -0.4 is 9.46 Å². The van der Waals surface area contributed by atoms with Gasteiger partial charge in [0.2, 0.25) is 0 Å². The highest BCUT2D eigenvalue weighted by Crippen LogP contribution is 2.28. The van der Waals surface area contributed by atoms with Gasteiger partial charge in [0.1, 0.15) is 11.9 Å². The molecule has 2 aliphatic rings. The molecule has 116 valence electrons. The van der Waals surface area contributed by atoms with Crippen molar-refractivity contribution in [1.29, 1.82) is 0 Å². The maximum atomic E-state index is 12.3. The van der Waals surface area contributed by atoms with E-state index in [9.17, 15) is 8.42 Å². The highest BCUT2D eigenvalue weighted by Gasteiger charge is 2.29. The van der Waals surface area contributed by atoms with Gasteiger partial charge in [0.25, 0.3) is 10.2 Å². The molecule has 21 heavy (non-hydrogen) atoms. The molecule has 5 nitrogen and oxygen atoms in total. The Balaban J connectivity index is 1.54. The van der Waals surface area contributed by atoms with Crippen molar-refractivity contribution in [3.63, 3.8) is 0 Å². The highest BCUT2D eigenvalue weighted by atomic mass is 32.2. The number of rotatable bonds is 4. The Labute approximate surface area is 126 Å². The summed E-state index contributed by atoms with van der Waals surface area (Å²) in [5.74, 6) is 1.48. The lowest BCUT2D eigenvalue weighted by Gasteiger charge is -2.29. The maximum absolute atomic E-state index is 12.3. The summed E-state index contributed by atoms with van der Waals surface area (Å²) in [6, 6.07) is 7.86. The second-order valence-corrected chi connectivity index (χ2v) is 7.74. The van der Waals surface area contributed by atoms with Gasteiger partial charge in [-0.2, -0.15) is 17.4 Å². The van der Waals surface area contributed by atoms with E-state index in [0.717, 1.165) is 30.6 Å². The molecule has 1 aromatic carbocycles. The fourth-order valence-corrected chi connectivity index (χ4v) is 4.15. The average molecular weight is 310 g/mol. The molecule has 0 saturated carbocycles. The number of piperidine rings is 1. The largest absolute Gasteiger partial charge is 0.488 e. The van der Waals surface area contributed by atoms with Crippen molar-refractivity contribution in [2.24, 2.45) is 5.92 Å². The monoisotopic (exact) mass is 310 g/mol. The quantitative estimate of drug-likeness (QED) is 0.918. The van der Waals surface area contributed by atoms with Gasteiger partial charge in [-0.15, -0.1) is 0 Å². The second kappa shape index (κ2) is 5.94. The molecule has 1 atom stereocenters. The summed E-state index contributed by atoms with van der Waals surface area (Å²) in [4.78, 5) is 0. The van der Waals surface area contributed by atoms with Crippen LogP contribution in [0, 0.1) is 5.92 Å². The molecule has 1 aromatic rings. The molecule has 1 saturated heterocycles. The number of fused-ring (bicyclic) bond motifs is 1. The van der Waals surface area contributed by atoms with E-state index >= 15 is 0 Å². The van der Waals surface area contributed by atoms with E-state index in [4.69, 9.17) is 4.74 Å². The molecule has 6 heteroatoms. The van der Waals surface area contributed by atoms with E-state index < -0.39 is 10.2 Å². The lowest BCUT2D eigenvalue weighted by molar-refractivity contribution is 0.232. The molecule has 3 rings (SSSR count). The first-order valence-corrected chi connectivity index (χ1v) is 8.98. The molecular formula is C15H22N2O3S. The van der Waals surface area contributed by atoms with Gasteiger partial charge in [-0.25, -0.2) is 0 Å². The number of hydrogen-bond donors (Lipinski definition) is 1. The number of nitrogens with zero attached hydrogens (tertiary/aromatic N) is 1. The predicted molar refractivity (Wildman–Crippen MR) is 81.5 cm³/mol. The zero-order valence-electron chi connectivity index (χ0n) is 12.3. The molecule has 0 spiro atoms. The standard InChI is InChI=1S/C15H22N2O3S/c1-12-6-8-17(9-7-12)21(18,19)16-11-14-10-13-4-2-3-5-15(13)20-14/h2-5,12,14,16H,6-11H2,1H3. The van der Waals surface area contributed by atoms with Gasteiger partial charge in [0.15, 0.2) is 0 Å².